The number of rotatable bonds is 6. The Hall–Kier alpha value is -3.19. The molecule has 1 unspecified atom stereocenters. The fourth-order valence-electron chi connectivity index (χ4n) is 5.49. The third-order valence-electron chi connectivity index (χ3n) is 7.52. The fraction of sp³-hybridized carbons (Fsp3) is 0.462. The Morgan fingerprint density at radius 3 is 2.18 bits per heavy atom. The van der Waals surface area contributed by atoms with E-state index in [0.717, 1.165) is 29.2 Å². The monoisotopic (exact) mass is 562 g/mol. The number of halogens is 7. The predicted molar refractivity (Wildman–Crippen MR) is 122 cm³/mol. The lowest BCUT2D eigenvalue weighted by molar-refractivity contribution is -0.358. The molecule has 6 nitrogen and oxygen atoms in total. The molecule has 2 aliphatic rings. The van der Waals surface area contributed by atoms with Crippen LogP contribution in [0.25, 0.3) is 0 Å². The third-order valence-corrected chi connectivity index (χ3v) is 7.52. The summed E-state index contributed by atoms with van der Waals surface area (Å²) in [5.74, 6) is -9.00. The molecule has 1 saturated heterocycles. The average Bonchev–Trinajstić information content (AvgIpc) is 3.68. The quantitative estimate of drug-likeness (QED) is 0.354. The van der Waals surface area contributed by atoms with Crippen LogP contribution in [-0.4, -0.2) is 45.2 Å². The SMILES string of the molecule is NC(=O)C1([C@@H](c2ccc(C(F)(F)F)cc2F)C2CC2)CCCCN1C(=O)c1cccc(C(O)(O)C(F)(F)F)c1. The molecule has 2 amide bonds. The number of hydrogen-bond donors (Lipinski definition) is 3. The van der Waals surface area contributed by atoms with Crippen molar-refractivity contribution in [1.29, 1.82) is 0 Å². The summed E-state index contributed by atoms with van der Waals surface area (Å²) in [7, 11) is 0. The Morgan fingerprint density at radius 1 is 0.974 bits per heavy atom. The number of primary amides is 1. The molecule has 4 rings (SSSR count). The van der Waals surface area contributed by atoms with E-state index >= 15 is 4.39 Å². The maximum absolute atomic E-state index is 15.2. The van der Waals surface area contributed by atoms with Gasteiger partial charge in [0.25, 0.3) is 11.7 Å². The summed E-state index contributed by atoms with van der Waals surface area (Å²) in [4.78, 5) is 27.9. The molecule has 0 spiro atoms. The number of hydrogen-bond acceptors (Lipinski definition) is 4. The molecule has 0 aromatic heterocycles. The number of nitrogens with two attached hydrogens (primary N) is 1. The first-order valence-corrected chi connectivity index (χ1v) is 12.1. The van der Waals surface area contributed by atoms with E-state index in [2.05, 4.69) is 0 Å². The molecule has 39 heavy (non-hydrogen) atoms. The average molecular weight is 562 g/mol. The highest BCUT2D eigenvalue weighted by molar-refractivity contribution is 6.00. The van der Waals surface area contributed by atoms with Gasteiger partial charge in [0.1, 0.15) is 11.4 Å². The minimum absolute atomic E-state index is 0.0537. The zero-order valence-electron chi connectivity index (χ0n) is 20.3. The topological polar surface area (TPSA) is 104 Å². The van der Waals surface area contributed by atoms with Gasteiger partial charge in [-0.15, -0.1) is 0 Å². The highest BCUT2D eigenvalue weighted by Crippen LogP contribution is 2.54. The number of carbonyl (C=O) groups excluding carboxylic acids is 2. The van der Waals surface area contributed by atoms with Gasteiger partial charge in [0.05, 0.1) is 5.56 Å². The second-order valence-corrected chi connectivity index (χ2v) is 10.0. The van der Waals surface area contributed by atoms with Crippen LogP contribution in [0, 0.1) is 11.7 Å². The molecular formula is C26H25F7N2O4. The van der Waals surface area contributed by atoms with Crippen LogP contribution in [-0.2, 0) is 16.8 Å². The van der Waals surface area contributed by atoms with E-state index in [1.54, 1.807) is 0 Å². The Bertz CT molecular complexity index is 1270. The third kappa shape index (κ3) is 5.09. The zero-order valence-corrected chi connectivity index (χ0v) is 20.3. The van der Waals surface area contributed by atoms with Gasteiger partial charge in [-0.05, 0) is 67.9 Å². The van der Waals surface area contributed by atoms with Gasteiger partial charge in [-0.2, -0.15) is 26.3 Å². The van der Waals surface area contributed by atoms with E-state index in [4.69, 9.17) is 5.73 Å². The van der Waals surface area contributed by atoms with E-state index in [1.807, 2.05) is 0 Å². The van der Waals surface area contributed by atoms with Crippen molar-refractivity contribution in [3.05, 3.63) is 70.5 Å². The maximum Gasteiger partial charge on any atom is 0.447 e. The van der Waals surface area contributed by atoms with Gasteiger partial charge in [-0.25, -0.2) is 4.39 Å². The number of aliphatic hydroxyl groups is 2. The van der Waals surface area contributed by atoms with Crippen molar-refractivity contribution < 1.29 is 50.5 Å². The first-order chi connectivity index (χ1) is 18.0. The Morgan fingerprint density at radius 2 is 1.64 bits per heavy atom. The zero-order chi connectivity index (χ0) is 29.0. The van der Waals surface area contributed by atoms with E-state index in [0.29, 0.717) is 43.9 Å². The van der Waals surface area contributed by atoms with Crippen molar-refractivity contribution in [3.63, 3.8) is 0 Å². The summed E-state index contributed by atoms with van der Waals surface area (Å²) in [6.45, 7) is -0.0971. The van der Waals surface area contributed by atoms with Crippen molar-refractivity contribution >= 4 is 11.8 Å². The Labute approximate surface area is 218 Å². The molecule has 2 fully saturated rings. The Kier molecular flexibility index (Phi) is 7.22. The number of piperidine rings is 1. The molecule has 0 bridgehead atoms. The second kappa shape index (κ2) is 9.77. The van der Waals surface area contributed by atoms with Gasteiger partial charge in [0.15, 0.2) is 0 Å². The van der Waals surface area contributed by atoms with Crippen molar-refractivity contribution in [1.82, 2.24) is 4.90 Å². The number of nitrogens with zero attached hydrogens (tertiary/aromatic N) is 1. The van der Waals surface area contributed by atoms with Crippen molar-refractivity contribution in [2.24, 2.45) is 11.7 Å². The number of benzene rings is 2. The highest BCUT2D eigenvalue weighted by atomic mass is 19.4. The normalized spacial score (nSPS) is 21.5. The number of carbonyl (C=O) groups is 2. The molecule has 4 N–H and O–H groups in total. The first-order valence-electron chi connectivity index (χ1n) is 12.1. The van der Waals surface area contributed by atoms with Crippen LogP contribution >= 0.6 is 0 Å². The lowest BCUT2D eigenvalue weighted by Gasteiger charge is -2.50. The molecular weight excluding hydrogens is 537 g/mol. The molecule has 2 aromatic rings. The van der Waals surface area contributed by atoms with Crippen LogP contribution in [0.2, 0.25) is 0 Å². The lowest BCUT2D eigenvalue weighted by Crippen LogP contribution is -2.65. The molecule has 0 radical (unpaired) electrons. The summed E-state index contributed by atoms with van der Waals surface area (Å²) < 4.78 is 94.4. The largest absolute Gasteiger partial charge is 0.447 e. The molecule has 1 heterocycles. The lowest BCUT2D eigenvalue weighted by atomic mass is 9.69. The van der Waals surface area contributed by atoms with Crippen molar-refractivity contribution in [2.45, 2.75) is 61.7 Å². The molecule has 2 atom stereocenters. The summed E-state index contributed by atoms with van der Waals surface area (Å²) >= 11 is 0. The molecule has 13 heteroatoms. The van der Waals surface area contributed by atoms with Crippen LogP contribution in [0.3, 0.4) is 0 Å². The van der Waals surface area contributed by atoms with Crippen LogP contribution < -0.4 is 5.73 Å². The summed E-state index contributed by atoms with van der Waals surface area (Å²) in [6.07, 6.45) is -8.67. The van der Waals surface area contributed by atoms with Crippen LogP contribution in [0.1, 0.15) is 65.1 Å². The van der Waals surface area contributed by atoms with E-state index in [-0.39, 0.29) is 18.5 Å². The molecule has 212 valence electrons. The number of alkyl halides is 6. The minimum atomic E-state index is -5.49. The summed E-state index contributed by atoms with van der Waals surface area (Å²) in [5.41, 5.74) is 1.04. The van der Waals surface area contributed by atoms with Crippen molar-refractivity contribution in [2.75, 3.05) is 6.54 Å². The van der Waals surface area contributed by atoms with E-state index < -0.39 is 69.8 Å². The number of amides is 2. The highest BCUT2D eigenvalue weighted by Gasteiger charge is 2.58. The summed E-state index contributed by atoms with van der Waals surface area (Å²) in [6, 6.07) is 5.42. The smallest absolute Gasteiger partial charge is 0.368 e. The van der Waals surface area contributed by atoms with Crippen LogP contribution in [0.4, 0.5) is 30.7 Å². The first kappa shape index (κ1) is 28.8. The summed E-state index contributed by atoms with van der Waals surface area (Å²) in [5, 5.41) is 19.3. The van der Waals surface area contributed by atoms with Gasteiger partial charge in [-0.3, -0.25) is 9.59 Å². The van der Waals surface area contributed by atoms with E-state index in [1.165, 1.54) is 0 Å². The standard InChI is InChI=1S/C26H25F7N2O4/c27-19-13-17(25(28,29)30)8-9-18(19)20(14-6-7-14)23(22(34)37)10-1-2-11-35(23)21(36)15-4-3-5-16(12-15)24(38,39)26(31,32)33/h3-5,8-9,12-14,20,38-39H,1-2,6-7,10-11H2,(H2,34,37)/t20-,23?/m1/s1. The number of likely N-dealkylation sites (tertiary alicyclic amines) is 1. The Balaban J connectivity index is 1.82. The molecule has 1 aliphatic carbocycles. The molecule has 1 aliphatic heterocycles. The van der Waals surface area contributed by atoms with Gasteiger partial charge in [-0.1, -0.05) is 18.2 Å². The van der Waals surface area contributed by atoms with Crippen molar-refractivity contribution in [3.8, 4) is 0 Å². The van der Waals surface area contributed by atoms with Gasteiger partial charge in [0.2, 0.25) is 5.91 Å². The van der Waals surface area contributed by atoms with Gasteiger partial charge in [0, 0.05) is 23.6 Å². The van der Waals surface area contributed by atoms with Gasteiger partial charge < -0.3 is 20.8 Å². The molecule has 2 aromatic carbocycles. The fourth-order valence-corrected chi connectivity index (χ4v) is 5.49. The van der Waals surface area contributed by atoms with Crippen LogP contribution in [0.5, 0.6) is 0 Å². The maximum atomic E-state index is 15.2. The van der Waals surface area contributed by atoms with Crippen LogP contribution in [0.15, 0.2) is 42.5 Å². The van der Waals surface area contributed by atoms with E-state index in [9.17, 15) is 46.1 Å². The predicted octanol–water partition coefficient (Wildman–Crippen LogP) is 4.59. The molecule has 1 saturated carbocycles. The minimum Gasteiger partial charge on any atom is -0.368 e. The van der Waals surface area contributed by atoms with Gasteiger partial charge >= 0.3 is 12.4 Å². The second-order valence-electron chi connectivity index (χ2n) is 10.0.